The lowest BCUT2D eigenvalue weighted by atomic mass is 9.96. The Hall–Kier alpha value is -3.94. The van der Waals surface area contributed by atoms with E-state index in [2.05, 4.69) is 78.3 Å². The highest BCUT2D eigenvalue weighted by Crippen LogP contribution is 2.29. The summed E-state index contributed by atoms with van der Waals surface area (Å²) < 4.78 is 5.36. The first-order valence-corrected chi connectivity index (χ1v) is 14.0. The maximum Gasteiger partial charge on any atom is 0.341 e. The van der Waals surface area contributed by atoms with E-state index < -0.39 is 5.97 Å². The zero-order valence-corrected chi connectivity index (χ0v) is 24.6. The van der Waals surface area contributed by atoms with E-state index in [4.69, 9.17) is 9.84 Å². The van der Waals surface area contributed by atoms with Gasteiger partial charge in [0.05, 0.1) is 13.1 Å². The van der Waals surface area contributed by atoms with Gasteiger partial charge >= 0.3 is 5.97 Å². The molecule has 0 aliphatic carbocycles. The normalized spacial score (nSPS) is 10.4. The van der Waals surface area contributed by atoms with Gasteiger partial charge in [0, 0.05) is 21.8 Å². The van der Waals surface area contributed by atoms with E-state index in [9.17, 15) is 4.79 Å². The van der Waals surface area contributed by atoms with Crippen LogP contribution < -0.4 is 4.74 Å². The molecule has 5 nitrogen and oxygen atoms in total. The Morgan fingerprint density at radius 2 is 1.38 bits per heavy atom. The quantitative estimate of drug-likeness (QED) is 0.265. The van der Waals surface area contributed by atoms with E-state index in [1.807, 2.05) is 63.1 Å². The van der Waals surface area contributed by atoms with Gasteiger partial charge in [-0.1, -0.05) is 54.0 Å². The fourth-order valence-corrected chi connectivity index (χ4v) is 4.57. The van der Waals surface area contributed by atoms with Crippen molar-refractivity contribution in [3.63, 3.8) is 0 Å². The van der Waals surface area contributed by atoms with Gasteiger partial charge in [0.15, 0.2) is 6.61 Å². The summed E-state index contributed by atoms with van der Waals surface area (Å²) in [6, 6.07) is 22.6. The molecule has 6 heteroatoms. The number of hydrogen-bond donors (Lipinski definition) is 1. The average molecular weight is 553 g/mol. The number of carbonyl (C=O) groups is 1. The van der Waals surface area contributed by atoms with Crippen LogP contribution in [0.2, 0.25) is 0 Å². The predicted octanol–water partition coefficient (Wildman–Crippen LogP) is 5.51. The molecule has 0 aliphatic rings. The molecule has 0 aliphatic heterocycles. The maximum absolute atomic E-state index is 10.8. The van der Waals surface area contributed by atoms with E-state index >= 15 is 0 Å². The zero-order chi connectivity index (χ0) is 28.9. The number of rotatable bonds is 10. The Balaban J connectivity index is 1.82. The van der Waals surface area contributed by atoms with Crippen LogP contribution in [0, 0.1) is 30.6 Å². The summed E-state index contributed by atoms with van der Waals surface area (Å²) in [5.41, 5.74) is 6.29. The van der Waals surface area contributed by atoms with Gasteiger partial charge in [0.25, 0.3) is 0 Å². The number of ether oxygens (including phenoxy) is 1. The van der Waals surface area contributed by atoms with Crippen LogP contribution in [-0.4, -0.2) is 74.5 Å². The molecule has 0 fully saturated rings. The average Bonchev–Trinajstić information content (AvgIpc) is 2.91. The molecular formula is C34H36N2O3S. The molecule has 3 aromatic rings. The second kappa shape index (κ2) is 15.6. The molecule has 0 heterocycles. The summed E-state index contributed by atoms with van der Waals surface area (Å²) in [4.78, 5) is 16.0. The highest BCUT2D eigenvalue weighted by Gasteiger charge is 2.08. The standard InChI is InChI=1S/C34H36N2O3S/c1-26-24-31(18-19-33(26)39-25-34(37)38)40-23-20-32(29-14-10-27(11-15-29)8-6-21-35(2)3)30-16-12-28(13-17-30)9-7-22-36(4)5/h10-20,24H,21-23,25H2,1-5H3,(H,37,38). The van der Waals surface area contributed by atoms with Crippen molar-refractivity contribution in [2.75, 3.05) is 53.6 Å². The lowest BCUT2D eigenvalue weighted by Crippen LogP contribution is -2.10. The van der Waals surface area contributed by atoms with Gasteiger partial charge < -0.3 is 9.84 Å². The molecule has 0 bridgehead atoms. The monoisotopic (exact) mass is 552 g/mol. The summed E-state index contributed by atoms with van der Waals surface area (Å²) in [6.07, 6.45) is 2.24. The van der Waals surface area contributed by atoms with E-state index in [-0.39, 0.29) is 6.61 Å². The van der Waals surface area contributed by atoms with E-state index in [1.54, 1.807) is 11.8 Å². The van der Waals surface area contributed by atoms with Crippen LogP contribution in [-0.2, 0) is 4.79 Å². The number of aryl methyl sites for hydroxylation is 1. The molecular weight excluding hydrogens is 516 g/mol. The predicted molar refractivity (Wildman–Crippen MR) is 166 cm³/mol. The lowest BCUT2D eigenvalue weighted by molar-refractivity contribution is -0.139. The lowest BCUT2D eigenvalue weighted by Gasteiger charge is -2.11. The number of hydrogen-bond acceptors (Lipinski definition) is 5. The Morgan fingerprint density at radius 1 is 0.850 bits per heavy atom. The molecule has 0 atom stereocenters. The highest BCUT2D eigenvalue weighted by molar-refractivity contribution is 7.99. The zero-order valence-electron chi connectivity index (χ0n) is 23.8. The van der Waals surface area contributed by atoms with Crippen LogP contribution >= 0.6 is 11.8 Å². The summed E-state index contributed by atoms with van der Waals surface area (Å²) in [7, 11) is 8.04. The Kier molecular flexibility index (Phi) is 11.9. The van der Waals surface area contributed by atoms with Crippen LogP contribution in [0.1, 0.15) is 27.8 Å². The summed E-state index contributed by atoms with van der Waals surface area (Å²) in [5.74, 6) is 13.2. The number of nitrogens with zero attached hydrogens (tertiary/aromatic N) is 2. The van der Waals surface area contributed by atoms with Crippen LogP contribution in [0.5, 0.6) is 5.75 Å². The third-order valence-electron chi connectivity index (χ3n) is 5.68. The molecule has 206 valence electrons. The second-order valence-corrected chi connectivity index (χ2v) is 10.9. The molecule has 3 rings (SSSR count). The van der Waals surface area contributed by atoms with Gasteiger partial charge in [0.1, 0.15) is 5.75 Å². The van der Waals surface area contributed by atoms with Crippen molar-refractivity contribution in [1.82, 2.24) is 9.80 Å². The highest BCUT2D eigenvalue weighted by atomic mass is 32.2. The molecule has 40 heavy (non-hydrogen) atoms. The first-order chi connectivity index (χ1) is 19.2. The van der Waals surface area contributed by atoms with Crippen molar-refractivity contribution >= 4 is 23.3 Å². The minimum atomic E-state index is -0.988. The van der Waals surface area contributed by atoms with Crippen LogP contribution in [0.4, 0.5) is 0 Å². The largest absolute Gasteiger partial charge is 0.482 e. The van der Waals surface area contributed by atoms with Crippen molar-refractivity contribution in [2.45, 2.75) is 11.8 Å². The molecule has 0 aromatic heterocycles. The number of carboxylic acid groups (broad SMARTS) is 1. The van der Waals surface area contributed by atoms with Crippen molar-refractivity contribution in [3.05, 3.63) is 101 Å². The van der Waals surface area contributed by atoms with Crippen molar-refractivity contribution < 1.29 is 14.6 Å². The maximum atomic E-state index is 10.8. The number of thioether (sulfide) groups is 1. The van der Waals surface area contributed by atoms with Gasteiger partial charge in [-0.15, -0.1) is 11.8 Å². The second-order valence-electron chi connectivity index (χ2n) is 9.77. The van der Waals surface area contributed by atoms with Crippen molar-refractivity contribution in [2.24, 2.45) is 0 Å². The fraction of sp³-hybridized carbons (Fsp3) is 0.265. The first kappa shape index (κ1) is 30.6. The molecule has 0 saturated heterocycles. The first-order valence-electron chi connectivity index (χ1n) is 13.0. The topological polar surface area (TPSA) is 53.0 Å². The van der Waals surface area contributed by atoms with Gasteiger partial charge in [-0.25, -0.2) is 4.79 Å². The molecule has 0 spiro atoms. The van der Waals surface area contributed by atoms with Crippen LogP contribution in [0.15, 0.2) is 77.7 Å². The minimum absolute atomic E-state index is 0.348. The summed E-state index contributed by atoms with van der Waals surface area (Å²) in [6.45, 7) is 3.02. The van der Waals surface area contributed by atoms with Gasteiger partial charge in [0.2, 0.25) is 0 Å². The van der Waals surface area contributed by atoms with Gasteiger partial charge in [-0.05, 0) is 99.8 Å². The van der Waals surface area contributed by atoms with Crippen LogP contribution in [0.25, 0.3) is 5.57 Å². The fourth-order valence-electron chi connectivity index (χ4n) is 3.70. The summed E-state index contributed by atoms with van der Waals surface area (Å²) in [5, 5.41) is 8.87. The van der Waals surface area contributed by atoms with Gasteiger partial charge in [-0.3, -0.25) is 9.80 Å². The molecule has 1 N–H and O–H groups in total. The number of benzene rings is 3. The molecule has 0 saturated carbocycles. The Bertz CT molecular complexity index is 1360. The molecule has 0 radical (unpaired) electrons. The van der Waals surface area contributed by atoms with E-state index in [0.717, 1.165) is 57.1 Å². The molecule has 0 amide bonds. The van der Waals surface area contributed by atoms with Crippen molar-refractivity contribution in [3.8, 4) is 29.4 Å². The minimum Gasteiger partial charge on any atom is -0.482 e. The summed E-state index contributed by atoms with van der Waals surface area (Å²) >= 11 is 1.72. The number of carboxylic acids is 1. The van der Waals surface area contributed by atoms with Gasteiger partial charge in [-0.2, -0.15) is 0 Å². The third-order valence-corrected chi connectivity index (χ3v) is 6.60. The third kappa shape index (κ3) is 10.3. The van der Waals surface area contributed by atoms with E-state index in [1.165, 1.54) is 0 Å². The van der Waals surface area contributed by atoms with E-state index in [0.29, 0.717) is 5.75 Å². The molecule has 0 unspecified atom stereocenters. The van der Waals surface area contributed by atoms with Crippen molar-refractivity contribution in [1.29, 1.82) is 0 Å². The smallest absolute Gasteiger partial charge is 0.341 e. The molecule has 3 aromatic carbocycles. The number of aliphatic carboxylic acids is 1. The SMILES string of the molecule is Cc1cc(SCC=C(c2ccc(C#CCN(C)C)cc2)c2ccc(C#CCN(C)C)cc2)ccc1OCC(=O)O. The Morgan fingerprint density at radius 3 is 1.82 bits per heavy atom. The Labute approximate surface area is 242 Å². The van der Waals surface area contributed by atoms with Crippen LogP contribution in [0.3, 0.4) is 0 Å².